The molecule has 0 saturated carbocycles. The number of rotatable bonds is 2. The number of amides is 1. The van der Waals surface area contributed by atoms with E-state index in [-0.39, 0.29) is 5.91 Å². The highest BCUT2D eigenvalue weighted by atomic mass is 35.5. The van der Waals surface area contributed by atoms with E-state index in [0.717, 1.165) is 11.3 Å². The molecule has 0 spiro atoms. The first-order valence-electron chi connectivity index (χ1n) is 4.98. The topological polar surface area (TPSA) is 55.1 Å². The first kappa shape index (κ1) is 12.0. The summed E-state index contributed by atoms with van der Waals surface area (Å²) >= 11 is 7.21. The summed E-state index contributed by atoms with van der Waals surface area (Å²) in [6.07, 6.45) is 0. The van der Waals surface area contributed by atoms with Crippen molar-refractivity contribution in [3.05, 3.63) is 45.1 Å². The summed E-state index contributed by atoms with van der Waals surface area (Å²) < 4.78 is 0. The maximum Gasteiger partial charge on any atom is 0.267 e. The van der Waals surface area contributed by atoms with Crippen LogP contribution in [0.15, 0.2) is 29.6 Å². The van der Waals surface area contributed by atoms with Gasteiger partial charge in [0.25, 0.3) is 5.91 Å². The molecule has 3 nitrogen and oxygen atoms in total. The Bertz CT molecular complexity index is 565. The standard InChI is InChI=1S/C12H11ClN2OS/c1-7-6-8(14)2-3-10(7)15-12(16)11-9(13)4-5-17-11/h2-6H,14H2,1H3,(H,15,16). The number of aryl methyl sites for hydroxylation is 1. The maximum absolute atomic E-state index is 11.9. The number of hydrogen-bond acceptors (Lipinski definition) is 3. The third-order valence-electron chi connectivity index (χ3n) is 2.32. The third kappa shape index (κ3) is 2.60. The molecule has 0 saturated heterocycles. The Kier molecular flexibility index (Phi) is 3.36. The summed E-state index contributed by atoms with van der Waals surface area (Å²) in [5, 5.41) is 5.07. The average Bonchev–Trinajstić information content (AvgIpc) is 2.68. The molecule has 0 atom stereocenters. The second-order valence-corrected chi connectivity index (χ2v) is 4.95. The normalized spacial score (nSPS) is 10.2. The quantitative estimate of drug-likeness (QED) is 0.817. The molecular weight excluding hydrogens is 256 g/mol. The summed E-state index contributed by atoms with van der Waals surface area (Å²) in [4.78, 5) is 12.4. The molecule has 1 heterocycles. The Hall–Kier alpha value is -1.52. The van der Waals surface area contributed by atoms with Crippen LogP contribution in [0.5, 0.6) is 0 Å². The smallest absolute Gasteiger partial charge is 0.267 e. The molecule has 1 aromatic heterocycles. The van der Waals surface area contributed by atoms with E-state index in [1.165, 1.54) is 11.3 Å². The number of benzene rings is 1. The SMILES string of the molecule is Cc1cc(N)ccc1NC(=O)c1sccc1Cl. The molecule has 88 valence electrons. The van der Waals surface area contributed by atoms with E-state index in [4.69, 9.17) is 17.3 Å². The minimum atomic E-state index is -0.196. The van der Waals surface area contributed by atoms with E-state index in [2.05, 4.69) is 5.32 Å². The number of nitrogens with two attached hydrogens (primary N) is 1. The van der Waals surface area contributed by atoms with Gasteiger partial charge in [0.15, 0.2) is 0 Å². The van der Waals surface area contributed by atoms with Gasteiger partial charge in [0, 0.05) is 11.4 Å². The van der Waals surface area contributed by atoms with Crippen molar-refractivity contribution in [2.45, 2.75) is 6.92 Å². The first-order valence-corrected chi connectivity index (χ1v) is 6.24. The first-order chi connectivity index (χ1) is 8.08. The largest absolute Gasteiger partial charge is 0.399 e. The van der Waals surface area contributed by atoms with Gasteiger partial charge in [-0.05, 0) is 42.1 Å². The molecule has 3 N–H and O–H groups in total. The zero-order valence-electron chi connectivity index (χ0n) is 9.16. The van der Waals surface area contributed by atoms with Crippen LogP contribution in [-0.2, 0) is 0 Å². The molecular formula is C12H11ClN2OS. The van der Waals surface area contributed by atoms with Gasteiger partial charge in [0.1, 0.15) is 4.88 Å². The van der Waals surface area contributed by atoms with Crippen LogP contribution in [0, 0.1) is 6.92 Å². The molecule has 0 fully saturated rings. The van der Waals surface area contributed by atoms with Gasteiger partial charge in [-0.2, -0.15) is 0 Å². The van der Waals surface area contributed by atoms with E-state index in [1.807, 2.05) is 13.0 Å². The van der Waals surface area contributed by atoms with Crippen molar-refractivity contribution < 1.29 is 4.79 Å². The fourth-order valence-electron chi connectivity index (χ4n) is 1.46. The van der Waals surface area contributed by atoms with Crippen molar-refractivity contribution in [1.29, 1.82) is 0 Å². The predicted octanol–water partition coefficient (Wildman–Crippen LogP) is 3.54. The number of nitrogens with one attached hydrogen (secondary N) is 1. The van der Waals surface area contributed by atoms with E-state index < -0.39 is 0 Å². The minimum Gasteiger partial charge on any atom is -0.399 e. The molecule has 1 amide bonds. The monoisotopic (exact) mass is 266 g/mol. The van der Waals surface area contributed by atoms with Crippen LogP contribution < -0.4 is 11.1 Å². The molecule has 0 aliphatic carbocycles. The van der Waals surface area contributed by atoms with E-state index in [9.17, 15) is 4.79 Å². The summed E-state index contributed by atoms with van der Waals surface area (Å²) in [6, 6.07) is 7.05. The van der Waals surface area contributed by atoms with Crippen molar-refractivity contribution >= 4 is 40.2 Å². The fraction of sp³-hybridized carbons (Fsp3) is 0.0833. The molecule has 1 aromatic carbocycles. The molecule has 0 aliphatic heterocycles. The highest BCUT2D eigenvalue weighted by Gasteiger charge is 2.12. The van der Waals surface area contributed by atoms with Crippen molar-refractivity contribution in [2.75, 3.05) is 11.1 Å². The lowest BCUT2D eigenvalue weighted by atomic mass is 10.2. The lowest BCUT2D eigenvalue weighted by Gasteiger charge is -2.08. The van der Waals surface area contributed by atoms with Gasteiger partial charge in [0.05, 0.1) is 5.02 Å². The van der Waals surface area contributed by atoms with Crippen molar-refractivity contribution in [1.82, 2.24) is 0 Å². The zero-order chi connectivity index (χ0) is 12.4. The number of carbonyl (C=O) groups is 1. The molecule has 0 radical (unpaired) electrons. The molecule has 17 heavy (non-hydrogen) atoms. The highest BCUT2D eigenvalue weighted by Crippen LogP contribution is 2.24. The van der Waals surface area contributed by atoms with Crippen LogP contribution in [0.1, 0.15) is 15.2 Å². The maximum atomic E-state index is 11.9. The van der Waals surface area contributed by atoms with Crippen molar-refractivity contribution in [2.24, 2.45) is 0 Å². The highest BCUT2D eigenvalue weighted by molar-refractivity contribution is 7.12. The third-order valence-corrected chi connectivity index (χ3v) is 3.66. The average molecular weight is 267 g/mol. The summed E-state index contributed by atoms with van der Waals surface area (Å²) in [5.41, 5.74) is 7.99. The van der Waals surface area contributed by atoms with E-state index in [0.29, 0.717) is 15.6 Å². The Morgan fingerprint density at radius 1 is 1.41 bits per heavy atom. The van der Waals surface area contributed by atoms with Gasteiger partial charge in [-0.25, -0.2) is 0 Å². The second-order valence-electron chi connectivity index (χ2n) is 3.63. The van der Waals surface area contributed by atoms with Crippen LogP contribution in [0.3, 0.4) is 0 Å². The van der Waals surface area contributed by atoms with Gasteiger partial charge in [0.2, 0.25) is 0 Å². The van der Waals surface area contributed by atoms with Crippen LogP contribution in [0.4, 0.5) is 11.4 Å². The summed E-state index contributed by atoms with van der Waals surface area (Å²) in [6.45, 7) is 1.89. The second kappa shape index (κ2) is 4.77. The fourth-order valence-corrected chi connectivity index (χ4v) is 2.50. The predicted molar refractivity (Wildman–Crippen MR) is 72.9 cm³/mol. The Morgan fingerprint density at radius 3 is 2.76 bits per heavy atom. The van der Waals surface area contributed by atoms with Crippen LogP contribution in [0.25, 0.3) is 0 Å². The van der Waals surface area contributed by atoms with Crippen LogP contribution >= 0.6 is 22.9 Å². The molecule has 0 bridgehead atoms. The van der Waals surface area contributed by atoms with Crippen molar-refractivity contribution in [3.8, 4) is 0 Å². The van der Waals surface area contributed by atoms with E-state index in [1.54, 1.807) is 23.6 Å². The molecule has 2 aromatic rings. The van der Waals surface area contributed by atoms with Gasteiger partial charge < -0.3 is 11.1 Å². The zero-order valence-corrected chi connectivity index (χ0v) is 10.7. The number of thiophene rings is 1. The molecule has 2 rings (SSSR count). The molecule has 0 unspecified atom stereocenters. The number of carbonyl (C=O) groups excluding carboxylic acids is 1. The number of halogens is 1. The van der Waals surface area contributed by atoms with Gasteiger partial charge in [-0.15, -0.1) is 11.3 Å². The summed E-state index contributed by atoms with van der Waals surface area (Å²) in [7, 11) is 0. The Morgan fingerprint density at radius 2 is 2.18 bits per heavy atom. The van der Waals surface area contributed by atoms with Crippen LogP contribution in [0.2, 0.25) is 5.02 Å². The lowest BCUT2D eigenvalue weighted by molar-refractivity contribution is 0.103. The van der Waals surface area contributed by atoms with Gasteiger partial charge in [-0.3, -0.25) is 4.79 Å². The Labute approximate surface area is 108 Å². The van der Waals surface area contributed by atoms with Gasteiger partial charge in [-0.1, -0.05) is 11.6 Å². The van der Waals surface area contributed by atoms with Crippen LogP contribution in [-0.4, -0.2) is 5.91 Å². The van der Waals surface area contributed by atoms with Gasteiger partial charge >= 0.3 is 0 Å². The lowest BCUT2D eigenvalue weighted by Crippen LogP contribution is -2.11. The molecule has 0 aliphatic rings. The number of hydrogen-bond donors (Lipinski definition) is 2. The number of anilines is 2. The Balaban J connectivity index is 2.22. The minimum absolute atomic E-state index is 0.196. The van der Waals surface area contributed by atoms with Crippen molar-refractivity contribution in [3.63, 3.8) is 0 Å². The summed E-state index contributed by atoms with van der Waals surface area (Å²) in [5.74, 6) is -0.196. The van der Waals surface area contributed by atoms with E-state index >= 15 is 0 Å². The molecule has 5 heteroatoms. The number of nitrogen functional groups attached to an aromatic ring is 1.